The summed E-state index contributed by atoms with van der Waals surface area (Å²) in [6.07, 6.45) is 6.75. The number of hydrogen-bond donors (Lipinski definition) is 1. The van der Waals surface area contributed by atoms with E-state index in [1.807, 2.05) is 0 Å². The molecule has 2 rings (SSSR count). The highest BCUT2D eigenvalue weighted by molar-refractivity contribution is 5.80. The van der Waals surface area contributed by atoms with Crippen molar-refractivity contribution in [3.8, 4) is 0 Å². The summed E-state index contributed by atoms with van der Waals surface area (Å²) in [6, 6.07) is 0.368. The second kappa shape index (κ2) is 4.97. The first kappa shape index (κ1) is 12.9. The van der Waals surface area contributed by atoms with E-state index in [2.05, 4.69) is 19.2 Å². The zero-order valence-corrected chi connectivity index (χ0v) is 11.3. The van der Waals surface area contributed by atoms with Crippen LogP contribution in [0.1, 0.15) is 52.4 Å². The molecule has 1 aliphatic heterocycles. The SMILES string of the molecule is COC1CCCC2(CC(=O)NC2CC(C)C)C1. The molecule has 1 heterocycles. The van der Waals surface area contributed by atoms with E-state index in [9.17, 15) is 4.79 Å². The fourth-order valence-electron chi connectivity index (χ4n) is 3.64. The molecule has 1 amide bonds. The highest BCUT2D eigenvalue weighted by atomic mass is 16.5. The van der Waals surface area contributed by atoms with Crippen molar-refractivity contribution in [1.29, 1.82) is 0 Å². The van der Waals surface area contributed by atoms with E-state index in [1.54, 1.807) is 7.11 Å². The van der Waals surface area contributed by atoms with Crippen LogP contribution in [0.2, 0.25) is 0 Å². The van der Waals surface area contributed by atoms with Crippen LogP contribution in [0.5, 0.6) is 0 Å². The first-order chi connectivity index (χ1) is 8.05. The molecule has 17 heavy (non-hydrogen) atoms. The van der Waals surface area contributed by atoms with Crippen molar-refractivity contribution in [2.45, 2.75) is 64.5 Å². The molecule has 0 radical (unpaired) electrons. The molecule has 3 atom stereocenters. The van der Waals surface area contributed by atoms with Crippen LogP contribution in [0.3, 0.4) is 0 Å². The molecule has 1 saturated heterocycles. The summed E-state index contributed by atoms with van der Waals surface area (Å²) < 4.78 is 5.53. The number of ether oxygens (including phenoxy) is 1. The van der Waals surface area contributed by atoms with Crippen molar-refractivity contribution in [1.82, 2.24) is 5.32 Å². The third-order valence-electron chi connectivity index (χ3n) is 4.46. The van der Waals surface area contributed by atoms with Gasteiger partial charge in [0.1, 0.15) is 0 Å². The average Bonchev–Trinajstić information content (AvgIpc) is 2.54. The summed E-state index contributed by atoms with van der Waals surface area (Å²) in [6.45, 7) is 4.46. The van der Waals surface area contributed by atoms with Gasteiger partial charge in [-0.05, 0) is 31.6 Å². The highest BCUT2D eigenvalue weighted by Crippen LogP contribution is 2.47. The second-order valence-corrected chi connectivity index (χ2v) is 6.24. The smallest absolute Gasteiger partial charge is 0.220 e. The van der Waals surface area contributed by atoms with Crippen LogP contribution in [-0.2, 0) is 9.53 Å². The van der Waals surface area contributed by atoms with Gasteiger partial charge >= 0.3 is 0 Å². The molecule has 0 aromatic heterocycles. The number of hydrogen-bond acceptors (Lipinski definition) is 2. The van der Waals surface area contributed by atoms with Gasteiger partial charge < -0.3 is 10.1 Å². The Morgan fingerprint density at radius 3 is 2.94 bits per heavy atom. The molecule has 0 aromatic carbocycles. The topological polar surface area (TPSA) is 38.3 Å². The lowest BCUT2D eigenvalue weighted by molar-refractivity contribution is -0.120. The minimum Gasteiger partial charge on any atom is -0.381 e. The largest absolute Gasteiger partial charge is 0.381 e. The first-order valence-corrected chi connectivity index (χ1v) is 6.88. The Kier molecular flexibility index (Phi) is 3.76. The molecule has 1 N–H and O–H groups in total. The first-order valence-electron chi connectivity index (χ1n) is 6.88. The molecular formula is C14H25NO2. The summed E-state index contributed by atoms with van der Waals surface area (Å²) in [7, 11) is 1.80. The van der Waals surface area contributed by atoms with Gasteiger partial charge in [-0.2, -0.15) is 0 Å². The second-order valence-electron chi connectivity index (χ2n) is 6.24. The van der Waals surface area contributed by atoms with Crippen molar-refractivity contribution in [2.75, 3.05) is 7.11 Å². The Hall–Kier alpha value is -0.570. The van der Waals surface area contributed by atoms with Crippen LogP contribution in [0, 0.1) is 11.3 Å². The molecule has 2 aliphatic rings. The zero-order chi connectivity index (χ0) is 12.5. The molecule has 3 unspecified atom stereocenters. The molecule has 98 valence electrons. The van der Waals surface area contributed by atoms with E-state index < -0.39 is 0 Å². The number of nitrogens with one attached hydrogen (secondary N) is 1. The van der Waals surface area contributed by atoms with Crippen LogP contribution in [0.15, 0.2) is 0 Å². The van der Waals surface area contributed by atoms with Crippen LogP contribution in [0.25, 0.3) is 0 Å². The van der Waals surface area contributed by atoms with E-state index >= 15 is 0 Å². The number of carbonyl (C=O) groups is 1. The van der Waals surface area contributed by atoms with E-state index in [1.165, 1.54) is 12.8 Å². The Bertz CT molecular complexity index is 290. The number of rotatable bonds is 3. The van der Waals surface area contributed by atoms with Gasteiger partial charge in [0.15, 0.2) is 0 Å². The van der Waals surface area contributed by atoms with Gasteiger partial charge in [-0.3, -0.25) is 4.79 Å². The predicted molar refractivity (Wildman–Crippen MR) is 67.7 cm³/mol. The maximum atomic E-state index is 11.8. The summed E-state index contributed by atoms with van der Waals surface area (Å²) in [5.74, 6) is 0.880. The van der Waals surface area contributed by atoms with Crippen molar-refractivity contribution in [3.63, 3.8) is 0 Å². The molecule has 2 fully saturated rings. The van der Waals surface area contributed by atoms with E-state index in [0.29, 0.717) is 24.5 Å². The van der Waals surface area contributed by atoms with E-state index in [4.69, 9.17) is 4.74 Å². The van der Waals surface area contributed by atoms with Crippen molar-refractivity contribution >= 4 is 5.91 Å². The molecule has 1 spiro atoms. The predicted octanol–water partition coefficient (Wildman–Crippen LogP) is 2.50. The van der Waals surface area contributed by atoms with Gasteiger partial charge in [0.2, 0.25) is 5.91 Å². The van der Waals surface area contributed by atoms with E-state index in [-0.39, 0.29) is 11.3 Å². The Morgan fingerprint density at radius 2 is 2.29 bits per heavy atom. The molecule has 1 aliphatic carbocycles. The Balaban J connectivity index is 2.11. The monoisotopic (exact) mass is 239 g/mol. The maximum absolute atomic E-state index is 11.8. The fraction of sp³-hybridized carbons (Fsp3) is 0.929. The standard InChI is InChI=1S/C14H25NO2/c1-10(2)7-12-14(9-13(16)15-12)6-4-5-11(8-14)17-3/h10-12H,4-9H2,1-3H3,(H,15,16). The van der Waals surface area contributed by atoms with Gasteiger partial charge in [-0.25, -0.2) is 0 Å². The number of methoxy groups -OCH3 is 1. The molecule has 1 saturated carbocycles. The third kappa shape index (κ3) is 2.65. The van der Waals surface area contributed by atoms with Crippen molar-refractivity contribution in [2.24, 2.45) is 11.3 Å². The Labute approximate surface area is 104 Å². The van der Waals surface area contributed by atoms with E-state index in [0.717, 1.165) is 19.3 Å². The minimum atomic E-state index is 0.181. The Morgan fingerprint density at radius 1 is 1.53 bits per heavy atom. The van der Waals surface area contributed by atoms with Crippen LogP contribution in [0.4, 0.5) is 0 Å². The van der Waals surface area contributed by atoms with Crippen LogP contribution in [-0.4, -0.2) is 25.2 Å². The van der Waals surface area contributed by atoms with Crippen LogP contribution < -0.4 is 5.32 Å². The quantitative estimate of drug-likeness (QED) is 0.821. The van der Waals surface area contributed by atoms with Gasteiger partial charge in [-0.1, -0.05) is 20.3 Å². The van der Waals surface area contributed by atoms with Crippen molar-refractivity contribution in [3.05, 3.63) is 0 Å². The van der Waals surface area contributed by atoms with Gasteiger partial charge in [0, 0.05) is 25.0 Å². The van der Waals surface area contributed by atoms with Gasteiger partial charge in [0.25, 0.3) is 0 Å². The lowest BCUT2D eigenvalue weighted by atomic mass is 9.66. The fourth-order valence-corrected chi connectivity index (χ4v) is 3.64. The lowest BCUT2D eigenvalue weighted by Crippen LogP contribution is -2.43. The van der Waals surface area contributed by atoms with Crippen LogP contribution >= 0.6 is 0 Å². The molecule has 0 aromatic rings. The summed E-state index contributed by atoms with van der Waals surface area (Å²) in [5.41, 5.74) is 0.181. The highest BCUT2D eigenvalue weighted by Gasteiger charge is 2.49. The normalized spacial score (nSPS) is 37.8. The summed E-state index contributed by atoms with van der Waals surface area (Å²) in [5, 5.41) is 3.20. The number of amides is 1. The van der Waals surface area contributed by atoms with Gasteiger partial charge in [-0.15, -0.1) is 0 Å². The third-order valence-corrected chi connectivity index (χ3v) is 4.46. The zero-order valence-electron chi connectivity index (χ0n) is 11.3. The molecule has 3 heteroatoms. The minimum absolute atomic E-state index is 0.181. The molecular weight excluding hydrogens is 214 g/mol. The van der Waals surface area contributed by atoms with Crippen molar-refractivity contribution < 1.29 is 9.53 Å². The number of carbonyl (C=O) groups excluding carboxylic acids is 1. The van der Waals surface area contributed by atoms with Gasteiger partial charge in [0.05, 0.1) is 6.10 Å². The maximum Gasteiger partial charge on any atom is 0.220 e. The summed E-state index contributed by atoms with van der Waals surface area (Å²) in [4.78, 5) is 11.8. The molecule has 0 bridgehead atoms. The summed E-state index contributed by atoms with van der Waals surface area (Å²) >= 11 is 0. The average molecular weight is 239 g/mol. The lowest BCUT2D eigenvalue weighted by Gasteiger charge is -2.41. The molecule has 3 nitrogen and oxygen atoms in total.